The van der Waals surface area contributed by atoms with Crippen molar-refractivity contribution in [2.45, 2.75) is 40.0 Å². The van der Waals surface area contributed by atoms with Gasteiger partial charge in [0.05, 0.1) is 5.69 Å². The number of hydrogen-bond acceptors (Lipinski definition) is 3. The van der Waals surface area contributed by atoms with Crippen molar-refractivity contribution >= 4 is 17.4 Å². The van der Waals surface area contributed by atoms with E-state index in [0.717, 1.165) is 18.4 Å². The zero-order valence-corrected chi connectivity index (χ0v) is 14.2. The highest BCUT2D eigenvalue weighted by Crippen LogP contribution is 2.25. The lowest BCUT2D eigenvalue weighted by Crippen LogP contribution is -2.49. The molecule has 0 N–H and O–H groups in total. The number of rotatable bonds is 5. The molecule has 0 unspecified atom stereocenters. The number of hydrogen-bond donors (Lipinski definition) is 0. The van der Waals surface area contributed by atoms with Crippen LogP contribution in [0.2, 0.25) is 0 Å². The average Bonchev–Trinajstić information content (AvgIpc) is 2.54. The number of anilines is 1. The Balaban J connectivity index is 2.04. The molecular formula is C18H25FN2O2. The number of ketones is 1. The monoisotopic (exact) mass is 320 g/mol. The van der Waals surface area contributed by atoms with Crippen LogP contribution in [0.15, 0.2) is 12.1 Å². The highest BCUT2D eigenvalue weighted by molar-refractivity contribution is 5.96. The van der Waals surface area contributed by atoms with Gasteiger partial charge in [0, 0.05) is 38.2 Å². The first-order chi connectivity index (χ1) is 10.9. The average molecular weight is 320 g/mol. The van der Waals surface area contributed by atoms with Crippen LogP contribution in [-0.2, 0) is 4.79 Å². The summed E-state index contributed by atoms with van der Waals surface area (Å²) in [5, 5.41) is 0. The number of nitrogens with zero attached hydrogens (tertiary/aromatic N) is 2. The Morgan fingerprint density at radius 3 is 2.39 bits per heavy atom. The third-order valence-corrected chi connectivity index (χ3v) is 4.39. The maximum absolute atomic E-state index is 14.3. The number of unbranched alkanes of at least 4 members (excludes halogenated alkanes) is 1. The van der Waals surface area contributed by atoms with Crippen LogP contribution in [0.5, 0.6) is 0 Å². The molecule has 0 atom stereocenters. The van der Waals surface area contributed by atoms with Gasteiger partial charge in [-0.05, 0) is 38.0 Å². The van der Waals surface area contributed by atoms with E-state index < -0.39 is 0 Å². The Bertz CT molecular complexity index is 593. The molecule has 1 heterocycles. The van der Waals surface area contributed by atoms with Gasteiger partial charge in [0.15, 0.2) is 5.78 Å². The Labute approximate surface area is 137 Å². The molecule has 5 heteroatoms. The number of halogens is 1. The molecule has 2 rings (SSSR count). The third kappa shape index (κ3) is 4.09. The molecule has 1 fully saturated rings. The molecule has 23 heavy (non-hydrogen) atoms. The predicted octanol–water partition coefficient (Wildman–Crippen LogP) is 3.18. The van der Waals surface area contributed by atoms with Gasteiger partial charge in [0.2, 0.25) is 5.91 Å². The summed E-state index contributed by atoms with van der Waals surface area (Å²) in [6.07, 6.45) is 2.52. The van der Waals surface area contributed by atoms with Crippen LogP contribution < -0.4 is 4.90 Å². The number of benzene rings is 1. The minimum absolute atomic E-state index is 0.126. The summed E-state index contributed by atoms with van der Waals surface area (Å²) in [4.78, 5) is 27.3. The second-order valence-electron chi connectivity index (χ2n) is 6.15. The smallest absolute Gasteiger partial charge is 0.222 e. The normalized spacial score (nSPS) is 15.0. The lowest BCUT2D eigenvalue weighted by Gasteiger charge is -2.36. The fourth-order valence-corrected chi connectivity index (χ4v) is 2.97. The number of carbonyl (C=O) groups excluding carboxylic acids is 2. The van der Waals surface area contributed by atoms with Gasteiger partial charge >= 0.3 is 0 Å². The van der Waals surface area contributed by atoms with Crippen molar-refractivity contribution in [1.82, 2.24) is 4.90 Å². The molecule has 1 saturated heterocycles. The molecule has 0 saturated carbocycles. The molecule has 1 aromatic carbocycles. The Kier molecular flexibility index (Phi) is 5.74. The van der Waals surface area contributed by atoms with Crippen LogP contribution in [-0.4, -0.2) is 42.8 Å². The van der Waals surface area contributed by atoms with E-state index in [9.17, 15) is 14.0 Å². The highest BCUT2D eigenvalue weighted by Gasteiger charge is 2.23. The molecule has 0 bridgehead atoms. The first-order valence-electron chi connectivity index (χ1n) is 8.27. The van der Waals surface area contributed by atoms with Crippen LogP contribution in [0.1, 0.15) is 49.0 Å². The second-order valence-corrected chi connectivity index (χ2v) is 6.15. The van der Waals surface area contributed by atoms with Gasteiger partial charge in [-0.15, -0.1) is 0 Å². The van der Waals surface area contributed by atoms with Crippen molar-refractivity contribution in [3.63, 3.8) is 0 Å². The van der Waals surface area contributed by atoms with Gasteiger partial charge in [0.25, 0.3) is 0 Å². The minimum Gasteiger partial charge on any atom is -0.366 e. The van der Waals surface area contributed by atoms with Gasteiger partial charge in [-0.2, -0.15) is 0 Å². The maximum atomic E-state index is 14.3. The fourth-order valence-electron chi connectivity index (χ4n) is 2.97. The van der Waals surface area contributed by atoms with Gasteiger partial charge < -0.3 is 9.80 Å². The summed E-state index contributed by atoms with van der Waals surface area (Å²) in [6.45, 7) is 7.82. The molecule has 0 radical (unpaired) electrons. The van der Waals surface area contributed by atoms with Crippen LogP contribution in [0.25, 0.3) is 0 Å². The van der Waals surface area contributed by atoms with Gasteiger partial charge in [-0.1, -0.05) is 13.3 Å². The molecule has 4 nitrogen and oxygen atoms in total. The summed E-state index contributed by atoms with van der Waals surface area (Å²) >= 11 is 0. The van der Waals surface area contributed by atoms with Crippen molar-refractivity contribution in [3.05, 3.63) is 29.1 Å². The molecule has 0 aromatic heterocycles. The molecule has 1 aromatic rings. The lowest BCUT2D eigenvalue weighted by atomic mass is 10.0. The fraction of sp³-hybridized carbons (Fsp3) is 0.556. The summed E-state index contributed by atoms with van der Waals surface area (Å²) in [7, 11) is 0. The number of Topliss-reactive ketones (excluding diaryl/α,β-unsaturated/α-hetero) is 1. The topological polar surface area (TPSA) is 40.6 Å². The number of amides is 1. The first kappa shape index (κ1) is 17.4. The number of carbonyl (C=O) groups is 2. The summed E-state index contributed by atoms with van der Waals surface area (Å²) < 4.78 is 14.3. The molecule has 1 aliphatic heterocycles. The number of piperazine rings is 1. The van der Waals surface area contributed by atoms with Crippen molar-refractivity contribution in [2.75, 3.05) is 31.1 Å². The van der Waals surface area contributed by atoms with Gasteiger partial charge in [-0.3, -0.25) is 9.59 Å². The van der Waals surface area contributed by atoms with E-state index in [1.165, 1.54) is 13.0 Å². The number of aryl methyl sites for hydroxylation is 1. The van der Waals surface area contributed by atoms with Gasteiger partial charge in [-0.25, -0.2) is 4.39 Å². The minimum atomic E-state index is -0.369. The van der Waals surface area contributed by atoms with Crippen LogP contribution in [0, 0.1) is 12.7 Å². The Hall–Kier alpha value is -1.91. The van der Waals surface area contributed by atoms with E-state index in [2.05, 4.69) is 6.92 Å². The molecular weight excluding hydrogens is 295 g/mol. The molecule has 126 valence electrons. The van der Waals surface area contributed by atoms with Crippen LogP contribution >= 0.6 is 0 Å². The van der Waals surface area contributed by atoms with Crippen molar-refractivity contribution in [2.24, 2.45) is 0 Å². The van der Waals surface area contributed by atoms with E-state index in [1.54, 1.807) is 6.07 Å². The molecule has 0 spiro atoms. The van der Waals surface area contributed by atoms with E-state index in [0.29, 0.717) is 43.9 Å². The maximum Gasteiger partial charge on any atom is 0.222 e. The van der Waals surface area contributed by atoms with Crippen molar-refractivity contribution in [3.8, 4) is 0 Å². The van der Waals surface area contributed by atoms with E-state index in [1.807, 2.05) is 16.7 Å². The summed E-state index contributed by atoms with van der Waals surface area (Å²) in [5.74, 6) is -0.305. The van der Waals surface area contributed by atoms with Crippen molar-refractivity contribution in [1.29, 1.82) is 0 Å². The zero-order valence-electron chi connectivity index (χ0n) is 14.2. The van der Waals surface area contributed by atoms with Gasteiger partial charge in [0.1, 0.15) is 5.82 Å². The zero-order chi connectivity index (χ0) is 17.0. The summed E-state index contributed by atoms with van der Waals surface area (Å²) in [6, 6.07) is 3.06. The molecule has 1 amide bonds. The quantitative estimate of drug-likeness (QED) is 0.782. The standard InChI is InChI=1S/C18H25FN2O2/c1-4-5-6-18(23)21-9-7-20(8-10-21)17-11-13(2)15(14(3)22)12-16(17)19/h11-12H,4-10H2,1-3H3. The van der Waals surface area contributed by atoms with E-state index >= 15 is 0 Å². The predicted molar refractivity (Wildman–Crippen MR) is 89.5 cm³/mol. The summed E-state index contributed by atoms with van der Waals surface area (Å²) in [5.41, 5.74) is 1.74. The van der Waals surface area contributed by atoms with Crippen LogP contribution in [0.4, 0.5) is 10.1 Å². The van der Waals surface area contributed by atoms with E-state index in [-0.39, 0.29) is 17.5 Å². The van der Waals surface area contributed by atoms with Crippen molar-refractivity contribution < 1.29 is 14.0 Å². The third-order valence-electron chi connectivity index (χ3n) is 4.39. The highest BCUT2D eigenvalue weighted by atomic mass is 19.1. The van der Waals surface area contributed by atoms with E-state index in [4.69, 9.17) is 0 Å². The Morgan fingerprint density at radius 1 is 1.17 bits per heavy atom. The largest absolute Gasteiger partial charge is 0.366 e. The SMILES string of the molecule is CCCCC(=O)N1CCN(c2cc(C)c(C(C)=O)cc2F)CC1. The Morgan fingerprint density at radius 2 is 1.83 bits per heavy atom. The first-order valence-corrected chi connectivity index (χ1v) is 8.27. The molecule has 1 aliphatic rings. The molecule has 0 aliphatic carbocycles. The second kappa shape index (κ2) is 7.57. The lowest BCUT2D eigenvalue weighted by molar-refractivity contribution is -0.131. The van der Waals surface area contributed by atoms with Crippen LogP contribution in [0.3, 0.4) is 0 Å².